The molecule has 0 saturated carbocycles. The minimum atomic E-state index is -4.82. The van der Waals surface area contributed by atoms with Gasteiger partial charge in [0, 0.05) is 50.4 Å². The molecule has 1 saturated heterocycles. The zero-order chi connectivity index (χ0) is 30.6. The third-order valence-corrected chi connectivity index (χ3v) is 7.94. The van der Waals surface area contributed by atoms with Gasteiger partial charge < -0.3 is 10.1 Å². The van der Waals surface area contributed by atoms with Crippen LogP contribution in [0, 0.1) is 0 Å². The third-order valence-electron chi connectivity index (χ3n) is 7.14. The van der Waals surface area contributed by atoms with Crippen molar-refractivity contribution in [3.8, 4) is 28.1 Å². The smallest absolute Gasteiger partial charge is 0.406 e. The molecule has 2 heterocycles. The summed E-state index contributed by atoms with van der Waals surface area (Å²) in [5.74, 6) is -0.852. The summed E-state index contributed by atoms with van der Waals surface area (Å²) in [6, 6.07) is 19.4. The summed E-state index contributed by atoms with van der Waals surface area (Å²) in [6.07, 6.45) is -1.43. The number of nitrogens with one attached hydrogen (secondary N) is 1. The number of piperidine rings is 1. The highest BCUT2D eigenvalue weighted by Crippen LogP contribution is 2.38. The number of nitrogens with zero attached hydrogens (tertiary/aromatic N) is 2. The van der Waals surface area contributed by atoms with Gasteiger partial charge in [-0.05, 0) is 86.1 Å². The van der Waals surface area contributed by atoms with Gasteiger partial charge in [0.25, 0.3) is 5.91 Å². The number of rotatable bonds is 8. The molecule has 0 unspecified atom stereocenters. The maximum absolute atomic E-state index is 13.0. The Morgan fingerprint density at radius 1 is 0.860 bits per heavy atom. The summed E-state index contributed by atoms with van der Waals surface area (Å²) in [5, 5.41) is 4.44. The standard InChI is InChI=1S/C32H27Cl3F3N3O2/c33-23-8-4-20(5-9-23)30-27(26-13-10-24(34)17-28(26)35)16-22(29(40-30)19-41-14-2-1-3-15-41)18-39-31(42)21-6-11-25(12-7-21)43-32(36,37)38/h4-13,16-17H,1-3,14-15,18-19H2,(H,39,42). The summed E-state index contributed by atoms with van der Waals surface area (Å²) in [7, 11) is 0. The van der Waals surface area contributed by atoms with Crippen LogP contribution in [0.5, 0.6) is 5.75 Å². The topological polar surface area (TPSA) is 54.5 Å². The van der Waals surface area contributed by atoms with E-state index >= 15 is 0 Å². The Morgan fingerprint density at radius 2 is 1.53 bits per heavy atom. The first-order valence-corrected chi connectivity index (χ1v) is 14.8. The lowest BCUT2D eigenvalue weighted by molar-refractivity contribution is -0.274. The average Bonchev–Trinajstić information content (AvgIpc) is 2.97. The van der Waals surface area contributed by atoms with Crippen LogP contribution in [0.25, 0.3) is 22.4 Å². The summed E-state index contributed by atoms with van der Waals surface area (Å²) in [4.78, 5) is 20.5. The normalized spacial score (nSPS) is 14.0. The van der Waals surface area contributed by atoms with Crippen LogP contribution in [-0.2, 0) is 13.1 Å². The molecule has 1 N–H and O–H groups in total. The van der Waals surface area contributed by atoms with Gasteiger partial charge in [0.1, 0.15) is 5.75 Å². The number of hydrogen-bond donors (Lipinski definition) is 1. The molecule has 5 rings (SSSR count). The number of benzene rings is 3. The Hall–Kier alpha value is -3.30. The fraction of sp³-hybridized carbons (Fsp3) is 0.250. The predicted molar refractivity (Wildman–Crippen MR) is 164 cm³/mol. The quantitative estimate of drug-likeness (QED) is 0.207. The van der Waals surface area contributed by atoms with Crippen molar-refractivity contribution in [2.75, 3.05) is 13.1 Å². The molecular formula is C32H27Cl3F3N3O2. The van der Waals surface area contributed by atoms with Crippen molar-refractivity contribution in [1.29, 1.82) is 0 Å². The molecule has 1 aliphatic heterocycles. The van der Waals surface area contributed by atoms with Crippen LogP contribution in [0.2, 0.25) is 15.1 Å². The molecule has 0 atom stereocenters. The minimum absolute atomic E-state index is 0.134. The fourth-order valence-corrected chi connectivity index (χ4v) is 5.68. The first-order valence-electron chi connectivity index (χ1n) is 13.7. The van der Waals surface area contributed by atoms with Crippen molar-refractivity contribution < 1.29 is 22.7 Å². The maximum Gasteiger partial charge on any atom is 0.573 e. The molecule has 3 aromatic carbocycles. The van der Waals surface area contributed by atoms with Crippen molar-refractivity contribution >= 4 is 40.7 Å². The summed E-state index contributed by atoms with van der Waals surface area (Å²) < 4.78 is 41.5. The molecule has 1 aliphatic rings. The van der Waals surface area contributed by atoms with Gasteiger partial charge in [0.05, 0.1) is 11.4 Å². The highest BCUT2D eigenvalue weighted by molar-refractivity contribution is 6.36. The van der Waals surface area contributed by atoms with Gasteiger partial charge in [-0.15, -0.1) is 13.2 Å². The third kappa shape index (κ3) is 8.21. The molecule has 4 aromatic rings. The molecule has 5 nitrogen and oxygen atoms in total. The Balaban J connectivity index is 1.52. The molecule has 43 heavy (non-hydrogen) atoms. The average molecular weight is 649 g/mol. The number of aromatic nitrogens is 1. The van der Waals surface area contributed by atoms with Crippen LogP contribution in [0.15, 0.2) is 72.8 Å². The van der Waals surface area contributed by atoms with Crippen LogP contribution in [0.3, 0.4) is 0 Å². The number of ether oxygens (including phenoxy) is 1. The molecule has 1 amide bonds. The first-order chi connectivity index (χ1) is 20.6. The van der Waals surface area contributed by atoms with E-state index in [1.807, 2.05) is 24.3 Å². The molecule has 0 aliphatic carbocycles. The molecule has 1 aromatic heterocycles. The van der Waals surface area contributed by atoms with Gasteiger partial charge in [-0.1, -0.05) is 59.4 Å². The summed E-state index contributed by atoms with van der Waals surface area (Å²) >= 11 is 19.0. The SMILES string of the molecule is O=C(NCc1cc(-c2ccc(Cl)cc2Cl)c(-c2ccc(Cl)cc2)nc1CN1CCCCC1)c1ccc(OC(F)(F)F)cc1. The van der Waals surface area contributed by atoms with E-state index in [4.69, 9.17) is 39.8 Å². The van der Waals surface area contributed by atoms with Crippen molar-refractivity contribution in [2.45, 2.75) is 38.7 Å². The van der Waals surface area contributed by atoms with E-state index in [1.165, 1.54) is 18.6 Å². The lowest BCUT2D eigenvalue weighted by Crippen LogP contribution is -2.31. The lowest BCUT2D eigenvalue weighted by Gasteiger charge is -2.27. The summed E-state index contributed by atoms with van der Waals surface area (Å²) in [5.41, 5.74) is 4.82. The maximum atomic E-state index is 13.0. The largest absolute Gasteiger partial charge is 0.573 e. The predicted octanol–water partition coefficient (Wildman–Crippen LogP) is 9.19. The van der Waals surface area contributed by atoms with Crippen LogP contribution in [0.4, 0.5) is 13.2 Å². The van der Waals surface area contributed by atoms with Crippen molar-refractivity contribution in [3.63, 3.8) is 0 Å². The monoisotopic (exact) mass is 647 g/mol. The number of pyridine rings is 1. The van der Waals surface area contributed by atoms with Crippen LogP contribution < -0.4 is 10.1 Å². The number of halogens is 6. The Morgan fingerprint density at radius 3 is 2.19 bits per heavy atom. The molecular weight excluding hydrogens is 622 g/mol. The van der Waals surface area contributed by atoms with E-state index < -0.39 is 18.0 Å². The van der Waals surface area contributed by atoms with Crippen LogP contribution >= 0.6 is 34.8 Å². The van der Waals surface area contributed by atoms with Gasteiger partial charge in [0.15, 0.2) is 0 Å². The van der Waals surface area contributed by atoms with Gasteiger partial charge in [-0.25, -0.2) is 0 Å². The minimum Gasteiger partial charge on any atom is -0.406 e. The van der Waals surface area contributed by atoms with Crippen LogP contribution in [0.1, 0.15) is 40.9 Å². The van der Waals surface area contributed by atoms with Crippen molar-refractivity contribution in [2.24, 2.45) is 0 Å². The van der Waals surface area contributed by atoms with Crippen LogP contribution in [-0.4, -0.2) is 35.2 Å². The molecule has 11 heteroatoms. The number of likely N-dealkylation sites (tertiary alicyclic amines) is 1. The molecule has 1 fully saturated rings. The van der Waals surface area contributed by atoms with Gasteiger partial charge >= 0.3 is 6.36 Å². The first kappa shape index (κ1) is 31.1. The Kier molecular flexibility index (Phi) is 9.82. The van der Waals surface area contributed by atoms with Crippen molar-refractivity contribution in [1.82, 2.24) is 15.2 Å². The van der Waals surface area contributed by atoms with Gasteiger partial charge in [-0.3, -0.25) is 14.7 Å². The number of carbonyl (C=O) groups is 1. The summed E-state index contributed by atoms with van der Waals surface area (Å²) in [6.45, 7) is 2.61. The van der Waals surface area contributed by atoms with Gasteiger partial charge in [0.2, 0.25) is 0 Å². The van der Waals surface area contributed by atoms with E-state index in [1.54, 1.807) is 24.3 Å². The molecule has 0 bridgehead atoms. The fourth-order valence-electron chi connectivity index (χ4n) is 5.04. The second kappa shape index (κ2) is 13.6. The second-order valence-electron chi connectivity index (χ2n) is 10.2. The number of amides is 1. The number of carbonyl (C=O) groups excluding carboxylic acids is 1. The van der Waals surface area contributed by atoms with E-state index in [9.17, 15) is 18.0 Å². The molecule has 224 valence electrons. The lowest BCUT2D eigenvalue weighted by atomic mass is 9.96. The van der Waals surface area contributed by atoms with E-state index in [-0.39, 0.29) is 12.1 Å². The van der Waals surface area contributed by atoms with E-state index in [2.05, 4.69) is 15.0 Å². The highest BCUT2D eigenvalue weighted by atomic mass is 35.5. The van der Waals surface area contributed by atoms with Crippen molar-refractivity contribution in [3.05, 3.63) is 105 Å². The molecule has 0 spiro atoms. The van der Waals surface area contributed by atoms with E-state index in [0.29, 0.717) is 27.3 Å². The Labute approximate surface area is 262 Å². The number of alkyl halides is 3. The van der Waals surface area contributed by atoms with E-state index in [0.717, 1.165) is 66.0 Å². The highest BCUT2D eigenvalue weighted by Gasteiger charge is 2.31. The zero-order valence-corrected chi connectivity index (χ0v) is 25.1. The Bertz CT molecular complexity index is 1590. The second-order valence-corrected chi connectivity index (χ2v) is 11.5. The zero-order valence-electron chi connectivity index (χ0n) is 22.9. The van der Waals surface area contributed by atoms with Gasteiger partial charge in [-0.2, -0.15) is 0 Å². The number of hydrogen-bond acceptors (Lipinski definition) is 4. The molecule has 0 radical (unpaired) electrons.